The van der Waals surface area contributed by atoms with Gasteiger partial charge in [0.05, 0.1) is 12.2 Å². The SMILES string of the molecule is Nc1cc(OC(F)(F)F)ccc1C(=O)N1CCC(c2ccnc3[nH]c([C@@H]4CCOC4)nc23)CC1. The van der Waals surface area contributed by atoms with Crippen LogP contribution in [0.1, 0.15) is 52.8 Å². The molecular weight excluding hydrogens is 451 g/mol. The Morgan fingerprint density at radius 1 is 1.18 bits per heavy atom. The molecule has 2 aromatic heterocycles. The summed E-state index contributed by atoms with van der Waals surface area (Å²) < 4.78 is 46.6. The molecule has 4 heterocycles. The molecule has 0 spiro atoms. The van der Waals surface area contributed by atoms with Crippen molar-refractivity contribution in [2.24, 2.45) is 0 Å². The van der Waals surface area contributed by atoms with E-state index in [1.165, 1.54) is 6.07 Å². The van der Waals surface area contributed by atoms with Gasteiger partial charge >= 0.3 is 6.36 Å². The molecule has 5 rings (SSSR count). The van der Waals surface area contributed by atoms with Crippen LogP contribution >= 0.6 is 0 Å². The fraction of sp³-hybridized carbons (Fsp3) is 0.435. The van der Waals surface area contributed by atoms with Crippen molar-refractivity contribution in [3.8, 4) is 5.75 Å². The van der Waals surface area contributed by atoms with E-state index in [2.05, 4.69) is 14.7 Å². The van der Waals surface area contributed by atoms with Gasteiger partial charge in [-0.1, -0.05) is 0 Å². The van der Waals surface area contributed by atoms with Crippen molar-refractivity contribution in [3.05, 3.63) is 47.4 Å². The number of nitrogens with one attached hydrogen (secondary N) is 1. The lowest BCUT2D eigenvalue weighted by molar-refractivity contribution is -0.274. The molecule has 2 aliphatic rings. The van der Waals surface area contributed by atoms with Crippen LogP contribution in [0.3, 0.4) is 0 Å². The quantitative estimate of drug-likeness (QED) is 0.554. The smallest absolute Gasteiger partial charge is 0.406 e. The summed E-state index contributed by atoms with van der Waals surface area (Å²) in [6.45, 7) is 2.39. The predicted molar refractivity (Wildman–Crippen MR) is 117 cm³/mol. The van der Waals surface area contributed by atoms with Gasteiger partial charge in [-0.25, -0.2) is 9.97 Å². The minimum Gasteiger partial charge on any atom is -0.406 e. The number of aromatic amines is 1. The number of amides is 1. The van der Waals surface area contributed by atoms with E-state index in [9.17, 15) is 18.0 Å². The van der Waals surface area contributed by atoms with Gasteiger partial charge < -0.3 is 25.1 Å². The Balaban J connectivity index is 1.28. The molecule has 0 unspecified atom stereocenters. The van der Waals surface area contributed by atoms with Crippen LogP contribution < -0.4 is 10.5 Å². The molecule has 0 saturated carbocycles. The molecule has 1 amide bonds. The topological polar surface area (TPSA) is 106 Å². The Morgan fingerprint density at radius 3 is 2.65 bits per heavy atom. The number of H-pyrrole nitrogens is 1. The molecule has 8 nitrogen and oxygen atoms in total. The first-order chi connectivity index (χ1) is 16.3. The summed E-state index contributed by atoms with van der Waals surface area (Å²) in [5, 5.41) is 0. The van der Waals surface area contributed by atoms with Crippen molar-refractivity contribution in [2.75, 3.05) is 32.0 Å². The molecule has 11 heteroatoms. The van der Waals surface area contributed by atoms with E-state index in [1.807, 2.05) is 6.07 Å². The van der Waals surface area contributed by atoms with Crippen molar-refractivity contribution >= 4 is 22.8 Å². The number of carbonyl (C=O) groups is 1. The van der Waals surface area contributed by atoms with Crippen LogP contribution in [0, 0.1) is 0 Å². The number of nitrogen functional groups attached to an aromatic ring is 1. The molecule has 3 aromatic rings. The third-order valence-electron chi connectivity index (χ3n) is 6.46. The van der Waals surface area contributed by atoms with Crippen molar-refractivity contribution < 1.29 is 27.4 Å². The first-order valence-electron chi connectivity index (χ1n) is 11.2. The second-order valence-electron chi connectivity index (χ2n) is 8.64. The summed E-state index contributed by atoms with van der Waals surface area (Å²) in [7, 11) is 0. The Hall–Kier alpha value is -3.34. The number of hydrogen-bond donors (Lipinski definition) is 2. The first-order valence-corrected chi connectivity index (χ1v) is 11.2. The number of carbonyl (C=O) groups excluding carboxylic acids is 1. The average molecular weight is 475 g/mol. The van der Waals surface area contributed by atoms with Gasteiger partial charge in [0.1, 0.15) is 17.1 Å². The minimum absolute atomic E-state index is 0.0512. The zero-order valence-corrected chi connectivity index (χ0v) is 18.3. The van der Waals surface area contributed by atoms with Crippen molar-refractivity contribution in [1.82, 2.24) is 19.9 Å². The number of nitrogens with zero attached hydrogens (tertiary/aromatic N) is 3. The molecule has 2 aliphatic heterocycles. The van der Waals surface area contributed by atoms with Gasteiger partial charge in [-0.05, 0) is 48.9 Å². The van der Waals surface area contributed by atoms with Gasteiger partial charge in [0.2, 0.25) is 0 Å². The lowest BCUT2D eigenvalue weighted by Gasteiger charge is -2.32. The minimum atomic E-state index is -4.82. The zero-order valence-electron chi connectivity index (χ0n) is 18.3. The van der Waals surface area contributed by atoms with Crippen molar-refractivity contribution in [2.45, 2.75) is 37.5 Å². The Morgan fingerprint density at radius 2 is 1.97 bits per heavy atom. The van der Waals surface area contributed by atoms with Crippen LogP contribution in [0.25, 0.3) is 11.2 Å². The number of ether oxygens (including phenoxy) is 2. The Labute approximate surface area is 193 Å². The standard InChI is InChI=1S/C23H24F3N5O3/c24-23(25,26)34-15-1-2-17(18(27)11-15)22(32)31-8-4-13(5-9-31)16-3-7-28-21-19(16)29-20(30-21)14-6-10-33-12-14/h1-3,7,11,13-14H,4-6,8-10,12,27H2,(H,28,29,30)/t14-/m1/s1. The molecule has 0 bridgehead atoms. The van der Waals surface area contributed by atoms with Crippen LogP contribution in [0.2, 0.25) is 0 Å². The fourth-order valence-electron chi connectivity index (χ4n) is 4.72. The first kappa shape index (κ1) is 22.5. The molecule has 180 valence electrons. The maximum atomic E-state index is 13.0. The highest BCUT2D eigenvalue weighted by Crippen LogP contribution is 2.34. The lowest BCUT2D eigenvalue weighted by Crippen LogP contribution is -2.38. The van der Waals surface area contributed by atoms with E-state index in [1.54, 1.807) is 11.1 Å². The van der Waals surface area contributed by atoms with Crippen molar-refractivity contribution in [3.63, 3.8) is 0 Å². The summed E-state index contributed by atoms with van der Waals surface area (Å²) in [6.07, 6.45) is -0.655. The number of rotatable bonds is 4. The summed E-state index contributed by atoms with van der Waals surface area (Å²) in [6, 6.07) is 5.38. The number of nitrogens with two attached hydrogens (primary N) is 1. The van der Waals surface area contributed by atoms with Gasteiger partial charge in [-0.3, -0.25) is 4.79 Å². The molecule has 2 fully saturated rings. The molecule has 1 atom stereocenters. The predicted octanol–water partition coefficient (Wildman–Crippen LogP) is 3.96. The number of hydrogen-bond acceptors (Lipinski definition) is 6. The number of benzene rings is 1. The highest BCUT2D eigenvalue weighted by molar-refractivity contribution is 5.99. The van der Waals surface area contributed by atoms with Crippen LogP contribution in [0.5, 0.6) is 5.75 Å². The molecule has 2 saturated heterocycles. The number of fused-ring (bicyclic) bond motifs is 1. The van der Waals surface area contributed by atoms with Gasteiger partial charge in [0, 0.05) is 43.6 Å². The molecule has 0 radical (unpaired) electrons. The van der Waals surface area contributed by atoms with Crippen LogP contribution in [0.4, 0.5) is 18.9 Å². The highest BCUT2D eigenvalue weighted by atomic mass is 19.4. The number of anilines is 1. The van der Waals surface area contributed by atoms with E-state index in [-0.39, 0.29) is 29.0 Å². The average Bonchev–Trinajstić information content (AvgIpc) is 3.47. The summed E-state index contributed by atoms with van der Waals surface area (Å²) in [5.41, 5.74) is 8.69. The number of pyridine rings is 1. The molecule has 34 heavy (non-hydrogen) atoms. The maximum absolute atomic E-state index is 13.0. The molecule has 1 aromatic carbocycles. The second kappa shape index (κ2) is 8.79. The van der Waals surface area contributed by atoms with E-state index >= 15 is 0 Å². The van der Waals surface area contributed by atoms with E-state index in [0.717, 1.165) is 60.6 Å². The normalized spacial score (nSPS) is 19.6. The fourth-order valence-corrected chi connectivity index (χ4v) is 4.72. The van der Waals surface area contributed by atoms with Crippen LogP contribution in [-0.4, -0.2) is 58.4 Å². The largest absolute Gasteiger partial charge is 0.573 e. The van der Waals surface area contributed by atoms with Crippen molar-refractivity contribution in [1.29, 1.82) is 0 Å². The third kappa shape index (κ3) is 4.52. The summed E-state index contributed by atoms with van der Waals surface area (Å²) in [5.74, 6) is 0.598. The Kier molecular flexibility index (Phi) is 5.80. The van der Waals surface area contributed by atoms with Crippen LogP contribution in [-0.2, 0) is 4.74 Å². The number of alkyl halides is 3. The number of likely N-dealkylation sites (tertiary alicyclic amines) is 1. The lowest BCUT2D eigenvalue weighted by atomic mass is 9.89. The zero-order chi connectivity index (χ0) is 23.9. The van der Waals surface area contributed by atoms with Gasteiger partial charge in [-0.2, -0.15) is 0 Å². The highest BCUT2D eigenvalue weighted by Gasteiger charge is 2.32. The number of halogens is 3. The second-order valence-corrected chi connectivity index (χ2v) is 8.64. The van der Waals surface area contributed by atoms with Gasteiger partial charge in [0.15, 0.2) is 5.65 Å². The van der Waals surface area contributed by atoms with E-state index < -0.39 is 12.1 Å². The molecule has 0 aliphatic carbocycles. The maximum Gasteiger partial charge on any atom is 0.573 e. The number of piperidine rings is 1. The number of aromatic nitrogens is 3. The monoisotopic (exact) mass is 475 g/mol. The Bertz CT molecular complexity index is 1200. The molecular formula is C23H24F3N5O3. The summed E-state index contributed by atoms with van der Waals surface area (Å²) >= 11 is 0. The van der Waals surface area contributed by atoms with Gasteiger partial charge in [-0.15, -0.1) is 13.2 Å². The van der Waals surface area contributed by atoms with E-state index in [0.29, 0.717) is 19.7 Å². The summed E-state index contributed by atoms with van der Waals surface area (Å²) in [4.78, 5) is 27.2. The van der Waals surface area contributed by atoms with E-state index in [4.69, 9.17) is 15.5 Å². The van der Waals surface area contributed by atoms with Crippen LogP contribution in [0.15, 0.2) is 30.5 Å². The number of imidazole rings is 1. The van der Waals surface area contributed by atoms with Gasteiger partial charge in [0.25, 0.3) is 5.91 Å². The molecule has 3 N–H and O–H groups in total. The third-order valence-corrected chi connectivity index (χ3v) is 6.46.